The minimum absolute atomic E-state index is 0.380. The summed E-state index contributed by atoms with van der Waals surface area (Å²) in [7, 11) is 0. The third kappa shape index (κ3) is 2.21. The molecule has 0 saturated heterocycles. The molecule has 2 nitrogen and oxygen atoms in total. The second kappa shape index (κ2) is 4.42. The predicted octanol–water partition coefficient (Wildman–Crippen LogP) is 2.58. The van der Waals surface area contributed by atoms with Crippen LogP contribution in [0.1, 0.15) is 46.5 Å². The molecule has 0 heterocycles. The zero-order valence-corrected chi connectivity index (χ0v) is 10.4. The lowest BCUT2D eigenvalue weighted by Gasteiger charge is -2.54. The average molecular weight is 211 g/mol. The Bertz CT molecular complexity index is 215. The van der Waals surface area contributed by atoms with Gasteiger partial charge >= 0.3 is 0 Å². The van der Waals surface area contributed by atoms with Gasteiger partial charge in [0, 0.05) is 18.1 Å². The zero-order valence-electron chi connectivity index (χ0n) is 10.4. The van der Waals surface area contributed by atoms with Gasteiger partial charge in [-0.05, 0) is 45.1 Å². The van der Waals surface area contributed by atoms with Crippen LogP contribution in [0.3, 0.4) is 0 Å². The molecule has 88 valence electrons. The lowest BCUT2D eigenvalue weighted by Crippen LogP contribution is -2.62. The van der Waals surface area contributed by atoms with Crippen molar-refractivity contribution in [1.82, 2.24) is 5.32 Å². The second-order valence-electron chi connectivity index (χ2n) is 5.44. The van der Waals surface area contributed by atoms with Gasteiger partial charge in [0.25, 0.3) is 0 Å². The summed E-state index contributed by atoms with van der Waals surface area (Å²) in [4.78, 5) is 0. The molecule has 3 atom stereocenters. The lowest BCUT2D eigenvalue weighted by molar-refractivity contribution is -0.125. The summed E-state index contributed by atoms with van der Waals surface area (Å²) in [6, 6.07) is 0.694. The topological polar surface area (TPSA) is 21.3 Å². The van der Waals surface area contributed by atoms with Crippen molar-refractivity contribution in [3.63, 3.8) is 0 Å². The molecule has 0 aromatic rings. The monoisotopic (exact) mass is 211 g/mol. The molecule has 2 aliphatic carbocycles. The van der Waals surface area contributed by atoms with Crippen LogP contribution in [0, 0.1) is 11.3 Å². The molecule has 0 radical (unpaired) electrons. The molecule has 1 N–H and O–H groups in total. The number of rotatable bonds is 6. The standard InChI is InChI=1S/C13H25NO/c1-4-13(3)11(8-12(13)15-5-2)14-9-10-6-7-10/h10-12,14H,4-9H2,1-3H3. The fourth-order valence-corrected chi connectivity index (χ4v) is 2.70. The van der Waals surface area contributed by atoms with Crippen LogP contribution in [0.5, 0.6) is 0 Å². The highest BCUT2D eigenvalue weighted by Gasteiger charge is 2.50. The molecule has 2 heteroatoms. The van der Waals surface area contributed by atoms with Crippen LogP contribution in [-0.2, 0) is 4.74 Å². The molecule has 2 saturated carbocycles. The number of hydrogen-bond donors (Lipinski definition) is 1. The summed E-state index contributed by atoms with van der Waals surface area (Å²) >= 11 is 0. The molecule has 3 unspecified atom stereocenters. The lowest BCUT2D eigenvalue weighted by atomic mass is 9.61. The van der Waals surface area contributed by atoms with Crippen molar-refractivity contribution in [3.8, 4) is 0 Å². The van der Waals surface area contributed by atoms with E-state index >= 15 is 0 Å². The third-order valence-electron chi connectivity index (χ3n) is 4.46. The average Bonchev–Trinajstić information content (AvgIpc) is 3.04. The van der Waals surface area contributed by atoms with Crippen molar-refractivity contribution in [2.75, 3.05) is 13.2 Å². The van der Waals surface area contributed by atoms with E-state index in [4.69, 9.17) is 4.74 Å². The Morgan fingerprint density at radius 2 is 2.07 bits per heavy atom. The number of nitrogens with one attached hydrogen (secondary N) is 1. The van der Waals surface area contributed by atoms with Crippen LogP contribution in [-0.4, -0.2) is 25.3 Å². The summed E-state index contributed by atoms with van der Waals surface area (Å²) in [5.74, 6) is 0.984. The smallest absolute Gasteiger partial charge is 0.0658 e. The van der Waals surface area contributed by atoms with Gasteiger partial charge in [-0.1, -0.05) is 13.8 Å². The van der Waals surface area contributed by atoms with Crippen molar-refractivity contribution in [2.24, 2.45) is 11.3 Å². The summed E-state index contributed by atoms with van der Waals surface area (Å²) in [6.45, 7) is 8.86. The zero-order chi connectivity index (χ0) is 10.9. The molecule has 15 heavy (non-hydrogen) atoms. The Labute approximate surface area is 93.8 Å². The molecule has 0 spiro atoms. The van der Waals surface area contributed by atoms with Gasteiger partial charge in [0.15, 0.2) is 0 Å². The molecule has 2 aliphatic rings. The van der Waals surface area contributed by atoms with Gasteiger partial charge in [0.2, 0.25) is 0 Å². The van der Waals surface area contributed by atoms with Gasteiger partial charge in [0.1, 0.15) is 0 Å². The maximum absolute atomic E-state index is 5.80. The van der Waals surface area contributed by atoms with Crippen LogP contribution in [0.2, 0.25) is 0 Å². The molecular weight excluding hydrogens is 186 g/mol. The summed E-state index contributed by atoms with van der Waals surface area (Å²) in [6.07, 6.45) is 5.81. The molecular formula is C13H25NO. The first-order valence-electron chi connectivity index (χ1n) is 6.55. The first-order valence-corrected chi connectivity index (χ1v) is 6.55. The van der Waals surface area contributed by atoms with Crippen LogP contribution in [0.25, 0.3) is 0 Å². The van der Waals surface area contributed by atoms with Gasteiger partial charge in [0.05, 0.1) is 6.10 Å². The van der Waals surface area contributed by atoms with E-state index in [9.17, 15) is 0 Å². The molecule has 2 rings (SSSR count). The maximum Gasteiger partial charge on any atom is 0.0658 e. The Balaban J connectivity index is 1.80. The van der Waals surface area contributed by atoms with Crippen molar-refractivity contribution in [3.05, 3.63) is 0 Å². The molecule has 0 aromatic heterocycles. The van der Waals surface area contributed by atoms with Crippen LogP contribution >= 0.6 is 0 Å². The van der Waals surface area contributed by atoms with Gasteiger partial charge in [-0.2, -0.15) is 0 Å². The van der Waals surface area contributed by atoms with E-state index in [2.05, 4.69) is 26.1 Å². The van der Waals surface area contributed by atoms with Gasteiger partial charge in [-0.3, -0.25) is 0 Å². The van der Waals surface area contributed by atoms with Crippen molar-refractivity contribution in [1.29, 1.82) is 0 Å². The maximum atomic E-state index is 5.80. The first kappa shape index (κ1) is 11.4. The summed E-state index contributed by atoms with van der Waals surface area (Å²) in [5.41, 5.74) is 0.380. The van der Waals surface area contributed by atoms with Crippen molar-refractivity contribution >= 4 is 0 Å². The largest absolute Gasteiger partial charge is 0.378 e. The van der Waals surface area contributed by atoms with Crippen LogP contribution < -0.4 is 5.32 Å². The van der Waals surface area contributed by atoms with Crippen molar-refractivity contribution < 1.29 is 4.74 Å². The van der Waals surface area contributed by atoms with Crippen LogP contribution in [0.4, 0.5) is 0 Å². The Kier molecular flexibility index (Phi) is 3.36. The molecule has 0 aromatic carbocycles. The molecule has 2 fully saturated rings. The van der Waals surface area contributed by atoms with Crippen molar-refractivity contribution in [2.45, 2.75) is 58.6 Å². The fraction of sp³-hybridized carbons (Fsp3) is 1.00. The first-order chi connectivity index (χ1) is 7.20. The van der Waals surface area contributed by atoms with E-state index in [-0.39, 0.29) is 0 Å². The SMILES string of the molecule is CCOC1CC(NCC2CC2)C1(C)CC. The van der Waals surface area contributed by atoms with E-state index in [0.29, 0.717) is 17.6 Å². The van der Waals surface area contributed by atoms with E-state index in [1.54, 1.807) is 0 Å². The fourth-order valence-electron chi connectivity index (χ4n) is 2.70. The van der Waals surface area contributed by atoms with E-state index in [0.717, 1.165) is 12.5 Å². The Hall–Kier alpha value is -0.0800. The highest BCUT2D eigenvalue weighted by molar-refractivity contribution is 5.05. The predicted molar refractivity (Wildman–Crippen MR) is 62.9 cm³/mol. The second-order valence-corrected chi connectivity index (χ2v) is 5.44. The normalized spacial score (nSPS) is 40.2. The molecule has 0 aliphatic heterocycles. The van der Waals surface area contributed by atoms with Gasteiger partial charge in [-0.25, -0.2) is 0 Å². The van der Waals surface area contributed by atoms with E-state index < -0.39 is 0 Å². The number of hydrogen-bond acceptors (Lipinski definition) is 2. The van der Waals surface area contributed by atoms with E-state index in [1.165, 1.54) is 32.2 Å². The Morgan fingerprint density at radius 1 is 1.33 bits per heavy atom. The highest BCUT2D eigenvalue weighted by Crippen LogP contribution is 2.46. The van der Waals surface area contributed by atoms with E-state index in [1.807, 2.05) is 0 Å². The van der Waals surface area contributed by atoms with Crippen LogP contribution in [0.15, 0.2) is 0 Å². The third-order valence-corrected chi connectivity index (χ3v) is 4.46. The Morgan fingerprint density at radius 3 is 2.60 bits per heavy atom. The van der Waals surface area contributed by atoms with Gasteiger partial charge < -0.3 is 10.1 Å². The number of ether oxygens (including phenoxy) is 1. The minimum Gasteiger partial charge on any atom is -0.378 e. The van der Waals surface area contributed by atoms with Gasteiger partial charge in [-0.15, -0.1) is 0 Å². The molecule has 0 amide bonds. The molecule has 0 bridgehead atoms. The quantitative estimate of drug-likeness (QED) is 0.729. The minimum atomic E-state index is 0.380. The summed E-state index contributed by atoms with van der Waals surface area (Å²) in [5, 5.41) is 3.73. The summed E-state index contributed by atoms with van der Waals surface area (Å²) < 4.78 is 5.80. The highest BCUT2D eigenvalue weighted by atomic mass is 16.5.